The second-order valence-electron chi connectivity index (χ2n) is 6.26. The number of halogens is 1. The Morgan fingerprint density at radius 2 is 1.96 bits per heavy atom. The number of carbonyl (C=O) groups excluding carboxylic acids is 1. The molecule has 1 aromatic carbocycles. The highest BCUT2D eigenvalue weighted by Gasteiger charge is 2.52. The van der Waals surface area contributed by atoms with Crippen molar-refractivity contribution in [3.8, 4) is 0 Å². The maximum absolute atomic E-state index is 12.4. The first-order valence-corrected chi connectivity index (χ1v) is 9.38. The minimum absolute atomic E-state index is 0. The quantitative estimate of drug-likeness (QED) is 0.760. The minimum Gasteiger partial charge on any atom is -0.468 e. The Morgan fingerprint density at radius 3 is 2.46 bits per heavy atom. The number of esters is 1. The van der Waals surface area contributed by atoms with Gasteiger partial charge < -0.3 is 10.1 Å². The zero-order chi connectivity index (χ0) is 16.5. The lowest BCUT2D eigenvalue weighted by Gasteiger charge is -2.23. The van der Waals surface area contributed by atoms with E-state index in [0.717, 1.165) is 37.8 Å². The smallest absolute Gasteiger partial charge is 0.316 e. The second kappa shape index (κ2) is 7.39. The number of benzene rings is 1. The zero-order valence-electron chi connectivity index (χ0n) is 13.6. The predicted molar refractivity (Wildman–Crippen MR) is 92.8 cm³/mol. The van der Waals surface area contributed by atoms with E-state index in [9.17, 15) is 13.2 Å². The van der Waals surface area contributed by atoms with Crippen LogP contribution in [0.3, 0.4) is 0 Å². The van der Waals surface area contributed by atoms with Gasteiger partial charge in [-0.1, -0.05) is 12.1 Å². The normalized spacial score (nSPS) is 22.3. The Morgan fingerprint density at radius 1 is 1.29 bits per heavy atom. The molecule has 1 heterocycles. The molecule has 2 fully saturated rings. The number of piperidine rings is 1. The number of sulfonamides is 1. The summed E-state index contributed by atoms with van der Waals surface area (Å²) < 4.78 is 32.5. The third-order valence-corrected chi connectivity index (χ3v) is 6.20. The standard InChI is InChI=1S/C16H22N2O4S.ClH/c1-22-15(19)16(8-9-16)12-4-6-14(7-5-12)23(20,21)18-13-3-2-10-17-11-13;/h4-7,13,17-18H,2-3,8-11H2,1H3;1H. The number of hydrogen-bond acceptors (Lipinski definition) is 5. The molecule has 0 bridgehead atoms. The maximum Gasteiger partial charge on any atom is 0.316 e. The maximum atomic E-state index is 12.4. The highest BCUT2D eigenvalue weighted by atomic mass is 35.5. The number of carbonyl (C=O) groups is 1. The van der Waals surface area contributed by atoms with E-state index in [2.05, 4.69) is 10.0 Å². The van der Waals surface area contributed by atoms with Crippen LogP contribution in [0, 0.1) is 0 Å². The van der Waals surface area contributed by atoms with Crippen molar-refractivity contribution in [3.63, 3.8) is 0 Å². The summed E-state index contributed by atoms with van der Waals surface area (Å²) in [7, 11) is -2.16. The van der Waals surface area contributed by atoms with Gasteiger partial charge in [0.25, 0.3) is 0 Å². The molecule has 1 saturated carbocycles. The number of rotatable bonds is 5. The Bertz CT molecular complexity index is 681. The molecule has 0 spiro atoms. The first-order valence-electron chi connectivity index (χ1n) is 7.90. The molecule has 0 amide bonds. The van der Waals surface area contributed by atoms with Gasteiger partial charge in [0, 0.05) is 12.6 Å². The van der Waals surface area contributed by atoms with Crippen LogP contribution in [0.4, 0.5) is 0 Å². The molecule has 2 N–H and O–H groups in total. The number of ether oxygens (including phenoxy) is 1. The summed E-state index contributed by atoms with van der Waals surface area (Å²) in [4.78, 5) is 12.1. The number of methoxy groups -OCH3 is 1. The summed E-state index contributed by atoms with van der Waals surface area (Å²) in [6.45, 7) is 1.59. The van der Waals surface area contributed by atoms with Crippen molar-refractivity contribution in [2.75, 3.05) is 20.2 Å². The van der Waals surface area contributed by atoms with Gasteiger partial charge in [-0.05, 0) is 49.9 Å². The molecule has 8 heteroatoms. The fourth-order valence-corrected chi connectivity index (χ4v) is 4.39. The Kier molecular flexibility index (Phi) is 5.91. The minimum atomic E-state index is -3.53. The number of hydrogen-bond donors (Lipinski definition) is 2. The van der Waals surface area contributed by atoms with E-state index in [1.165, 1.54) is 7.11 Å². The van der Waals surface area contributed by atoms with Crippen LogP contribution in [0.5, 0.6) is 0 Å². The van der Waals surface area contributed by atoms with E-state index < -0.39 is 15.4 Å². The average Bonchev–Trinajstić information content (AvgIpc) is 3.37. The molecule has 2 aliphatic rings. The van der Waals surface area contributed by atoms with Crippen molar-refractivity contribution in [1.29, 1.82) is 0 Å². The first kappa shape index (κ1) is 19.2. The van der Waals surface area contributed by atoms with Crippen molar-refractivity contribution < 1.29 is 17.9 Å². The molecule has 1 atom stereocenters. The van der Waals surface area contributed by atoms with Crippen LogP contribution >= 0.6 is 12.4 Å². The van der Waals surface area contributed by atoms with E-state index in [0.29, 0.717) is 6.54 Å². The van der Waals surface area contributed by atoms with Gasteiger partial charge in [0.2, 0.25) is 10.0 Å². The van der Waals surface area contributed by atoms with E-state index in [-0.39, 0.29) is 29.3 Å². The first-order chi connectivity index (χ1) is 11.0. The van der Waals surface area contributed by atoms with Gasteiger partial charge in [0.15, 0.2) is 0 Å². The molecule has 1 aliphatic carbocycles. The zero-order valence-corrected chi connectivity index (χ0v) is 15.2. The van der Waals surface area contributed by atoms with Gasteiger partial charge in [0.05, 0.1) is 17.4 Å². The van der Waals surface area contributed by atoms with Crippen molar-refractivity contribution in [2.45, 2.75) is 42.0 Å². The van der Waals surface area contributed by atoms with E-state index in [1.54, 1.807) is 24.3 Å². The summed E-state index contributed by atoms with van der Waals surface area (Å²) in [6.07, 6.45) is 3.30. The van der Waals surface area contributed by atoms with Crippen molar-refractivity contribution >= 4 is 28.4 Å². The molecule has 1 aliphatic heterocycles. The largest absolute Gasteiger partial charge is 0.468 e. The van der Waals surface area contributed by atoms with Gasteiger partial charge in [-0.25, -0.2) is 13.1 Å². The molecule has 3 rings (SSSR count). The predicted octanol–water partition coefficient (Wildman–Crippen LogP) is 1.34. The van der Waals surface area contributed by atoms with E-state index in [1.807, 2.05) is 0 Å². The van der Waals surface area contributed by atoms with Crippen LogP contribution in [0.2, 0.25) is 0 Å². The molecule has 1 aromatic rings. The van der Waals surface area contributed by atoms with Crippen LogP contribution in [-0.2, 0) is 25.0 Å². The van der Waals surface area contributed by atoms with Crippen molar-refractivity contribution in [2.24, 2.45) is 0 Å². The van der Waals surface area contributed by atoms with E-state index >= 15 is 0 Å². The Labute approximate surface area is 148 Å². The fourth-order valence-electron chi connectivity index (χ4n) is 3.12. The summed E-state index contributed by atoms with van der Waals surface area (Å²) in [5.41, 5.74) is 0.250. The van der Waals surface area contributed by atoms with Crippen LogP contribution in [0.1, 0.15) is 31.2 Å². The van der Waals surface area contributed by atoms with Gasteiger partial charge in [-0.2, -0.15) is 0 Å². The van der Waals surface area contributed by atoms with Crippen LogP contribution < -0.4 is 10.0 Å². The molecule has 1 unspecified atom stereocenters. The summed E-state index contributed by atoms with van der Waals surface area (Å²) in [5, 5.41) is 3.19. The fraction of sp³-hybridized carbons (Fsp3) is 0.562. The van der Waals surface area contributed by atoms with Crippen molar-refractivity contribution in [1.82, 2.24) is 10.0 Å². The summed E-state index contributed by atoms with van der Waals surface area (Å²) in [6, 6.07) is 6.50. The van der Waals surface area contributed by atoms with Crippen LogP contribution in [-0.4, -0.2) is 40.6 Å². The SMILES string of the molecule is COC(=O)C1(c2ccc(S(=O)(=O)NC3CCCNC3)cc2)CC1.Cl. The molecular weight excluding hydrogens is 352 g/mol. The number of nitrogens with one attached hydrogen (secondary N) is 2. The average molecular weight is 375 g/mol. The summed E-state index contributed by atoms with van der Waals surface area (Å²) in [5.74, 6) is -0.250. The Balaban J connectivity index is 0.00000208. The second-order valence-corrected chi connectivity index (χ2v) is 7.98. The molecule has 24 heavy (non-hydrogen) atoms. The van der Waals surface area contributed by atoms with Gasteiger partial charge >= 0.3 is 5.97 Å². The highest BCUT2D eigenvalue weighted by molar-refractivity contribution is 7.89. The van der Waals surface area contributed by atoms with Gasteiger partial charge in [-0.3, -0.25) is 4.79 Å². The molecule has 0 radical (unpaired) electrons. The lowest BCUT2D eigenvalue weighted by molar-refractivity contribution is -0.143. The molecule has 1 saturated heterocycles. The summed E-state index contributed by atoms with van der Waals surface area (Å²) >= 11 is 0. The van der Waals surface area contributed by atoms with Crippen molar-refractivity contribution in [3.05, 3.63) is 29.8 Å². The monoisotopic (exact) mass is 374 g/mol. The Hall–Kier alpha value is -1.15. The molecule has 0 aromatic heterocycles. The third-order valence-electron chi connectivity index (χ3n) is 4.66. The van der Waals surface area contributed by atoms with Crippen LogP contribution in [0.15, 0.2) is 29.2 Å². The van der Waals surface area contributed by atoms with Gasteiger partial charge in [0.1, 0.15) is 0 Å². The highest BCUT2D eigenvalue weighted by Crippen LogP contribution is 2.49. The lowest BCUT2D eigenvalue weighted by Crippen LogP contribution is -2.45. The molecule has 134 valence electrons. The third kappa shape index (κ3) is 3.74. The van der Waals surface area contributed by atoms with Gasteiger partial charge in [-0.15, -0.1) is 12.4 Å². The topological polar surface area (TPSA) is 84.5 Å². The lowest BCUT2D eigenvalue weighted by atomic mass is 9.96. The van der Waals surface area contributed by atoms with Crippen LogP contribution in [0.25, 0.3) is 0 Å². The van der Waals surface area contributed by atoms with E-state index in [4.69, 9.17) is 4.74 Å². The molecular formula is C16H23ClN2O4S. The molecule has 6 nitrogen and oxygen atoms in total.